The highest BCUT2D eigenvalue weighted by Gasteiger charge is 2.29. The summed E-state index contributed by atoms with van der Waals surface area (Å²) < 4.78 is 23.9. The minimum Gasteiger partial charge on any atom is -0.491 e. The van der Waals surface area contributed by atoms with Gasteiger partial charge in [0, 0.05) is 25.7 Å². The first-order chi connectivity index (χ1) is 13.5. The molecule has 28 heavy (non-hydrogen) atoms. The summed E-state index contributed by atoms with van der Waals surface area (Å²) in [4.78, 5) is 18.2. The summed E-state index contributed by atoms with van der Waals surface area (Å²) in [6.45, 7) is 0.924. The van der Waals surface area contributed by atoms with Gasteiger partial charge in [0.25, 0.3) is 0 Å². The largest absolute Gasteiger partial charge is 0.491 e. The van der Waals surface area contributed by atoms with Gasteiger partial charge in [-0.1, -0.05) is 23.2 Å². The first-order valence-electron chi connectivity index (χ1n) is 8.94. The highest BCUT2D eigenvalue weighted by molar-refractivity contribution is 6.37. The van der Waals surface area contributed by atoms with Crippen molar-refractivity contribution in [3.63, 3.8) is 0 Å². The average Bonchev–Trinajstić information content (AvgIpc) is 2.70. The lowest BCUT2D eigenvalue weighted by atomic mass is 9.97. The lowest BCUT2D eigenvalue weighted by molar-refractivity contribution is -0.132. The fraction of sp³-hybridized carbons (Fsp3) is 0.400. The third-order valence-corrected chi connectivity index (χ3v) is 5.66. The minimum atomic E-state index is -0.368. The van der Waals surface area contributed by atoms with Crippen molar-refractivity contribution >= 4 is 29.1 Å². The second kappa shape index (κ2) is 8.97. The van der Waals surface area contributed by atoms with Gasteiger partial charge in [0.15, 0.2) is 11.5 Å². The fourth-order valence-corrected chi connectivity index (χ4v) is 4.16. The van der Waals surface area contributed by atoms with Gasteiger partial charge >= 0.3 is 0 Å². The second-order valence-corrected chi connectivity index (χ2v) is 7.34. The molecule has 0 aliphatic carbocycles. The molecule has 0 bridgehead atoms. The zero-order chi connectivity index (χ0) is 20.3. The maximum atomic E-state index is 13.2. The number of hydrogen-bond acceptors (Lipinski definition) is 4. The van der Waals surface area contributed by atoms with E-state index in [0.717, 1.165) is 22.9 Å². The summed E-state index contributed by atoms with van der Waals surface area (Å²) in [6, 6.07) is 1.44. The van der Waals surface area contributed by atoms with Gasteiger partial charge in [0.1, 0.15) is 5.82 Å². The number of carbonyl (C=O) groups is 1. The Morgan fingerprint density at radius 1 is 1.18 bits per heavy atom. The quantitative estimate of drug-likeness (QED) is 0.684. The van der Waals surface area contributed by atoms with Crippen LogP contribution in [0.2, 0.25) is 10.0 Å². The van der Waals surface area contributed by atoms with Crippen LogP contribution in [0.4, 0.5) is 4.39 Å². The number of hydrogen-bond donors (Lipinski definition) is 0. The van der Waals surface area contributed by atoms with Crippen molar-refractivity contribution in [1.29, 1.82) is 0 Å². The molecular weight excluding hydrogens is 406 g/mol. The van der Waals surface area contributed by atoms with Crippen LogP contribution in [-0.4, -0.2) is 36.6 Å². The van der Waals surface area contributed by atoms with Crippen LogP contribution in [0.5, 0.6) is 11.5 Å². The van der Waals surface area contributed by atoms with E-state index in [9.17, 15) is 9.18 Å². The molecule has 8 heteroatoms. The predicted octanol–water partition coefficient (Wildman–Crippen LogP) is 4.45. The van der Waals surface area contributed by atoms with Gasteiger partial charge in [-0.2, -0.15) is 0 Å². The van der Waals surface area contributed by atoms with Gasteiger partial charge in [-0.05, 0) is 42.0 Å². The third kappa shape index (κ3) is 4.18. The van der Waals surface area contributed by atoms with Crippen molar-refractivity contribution in [2.75, 3.05) is 20.8 Å². The number of methoxy groups -OCH3 is 2. The molecule has 0 unspecified atom stereocenters. The number of pyridine rings is 1. The zero-order valence-electron chi connectivity index (χ0n) is 15.7. The van der Waals surface area contributed by atoms with E-state index in [2.05, 4.69) is 4.98 Å². The smallest absolute Gasteiger partial charge is 0.222 e. The van der Waals surface area contributed by atoms with Gasteiger partial charge in [-0.25, -0.2) is 4.39 Å². The number of aromatic nitrogens is 1. The number of carbonyl (C=O) groups excluding carboxylic acids is 1. The van der Waals surface area contributed by atoms with Crippen LogP contribution in [-0.2, 0) is 24.2 Å². The van der Waals surface area contributed by atoms with Crippen LogP contribution in [0, 0.1) is 5.82 Å². The Morgan fingerprint density at radius 2 is 1.86 bits per heavy atom. The molecule has 2 heterocycles. The molecule has 1 aliphatic rings. The SMILES string of the molecule is COc1c(Cl)c2c(c(Cl)c1OC)CN(C(=O)CCCc1cncc(F)c1)CC2. The number of nitrogens with zero attached hydrogens (tertiary/aromatic N) is 2. The van der Waals surface area contributed by atoms with E-state index in [1.807, 2.05) is 0 Å². The van der Waals surface area contributed by atoms with Gasteiger partial charge in [0.05, 0.1) is 30.5 Å². The maximum Gasteiger partial charge on any atom is 0.222 e. The van der Waals surface area contributed by atoms with Crippen LogP contribution >= 0.6 is 23.2 Å². The van der Waals surface area contributed by atoms with E-state index >= 15 is 0 Å². The molecule has 0 saturated carbocycles. The number of aryl methyl sites for hydroxylation is 1. The predicted molar refractivity (Wildman–Crippen MR) is 106 cm³/mol. The highest BCUT2D eigenvalue weighted by atomic mass is 35.5. The van der Waals surface area contributed by atoms with Crippen molar-refractivity contribution in [2.45, 2.75) is 32.2 Å². The Kier molecular flexibility index (Phi) is 6.62. The number of amides is 1. The van der Waals surface area contributed by atoms with E-state index < -0.39 is 0 Å². The molecule has 2 aromatic rings. The van der Waals surface area contributed by atoms with E-state index in [0.29, 0.717) is 60.3 Å². The summed E-state index contributed by atoms with van der Waals surface area (Å²) in [5.41, 5.74) is 2.46. The number of ether oxygens (including phenoxy) is 2. The Hall–Kier alpha value is -2.05. The average molecular weight is 427 g/mol. The van der Waals surface area contributed by atoms with Gasteiger partial charge in [-0.3, -0.25) is 9.78 Å². The zero-order valence-corrected chi connectivity index (χ0v) is 17.2. The Bertz CT molecular complexity index is 892. The van der Waals surface area contributed by atoms with E-state index in [-0.39, 0.29) is 11.7 Å². The topological polar surface area (TPSA) is 51.7 Å². The number of fused-ring (bicyclic) bond motifs is 1. The monoisotopic (exact) mass is 426 g/mol. The standard InChI is InChI=1S/C20H21Cl2FN2O3/c1-27-19-17(21)14-6-7-25(11-15(14)18(22)20(19)28-2)16(26)5-3-4-12-8-13(23)10-24-9-12/h8-10H,3-7,11H2,1-2H3. The maximum absolute atomic E-state index is 13.2. The van der Waals surface area contributed by atoms with Gasteiger partial charge in [-0.15, -0.1) is 0 Å². The second-order valence-electron chi connectivity index (χ2n) is 6.58. The number of rotatable bonds is 6. The lowest BCUT2D eigenvalue weighted by Gasteiger charge is -2.31. The summed E-state index contributed by atoms with van der Waals surface area (Å²) in [5, 5.41) is 0.895. The van der Waals surface area contributed by atoms with Crippen LogP contribution in [0.15, 0.2) is 18.5 Å². The van der Waals surface area contributed by atoms with Crippen LogP contribution in [0.3, 0.4) is 0 Å². The lowest BCUT2D eigenvalue weighted by Crippen LogP contribution is -2.36. The van der Waals surface area contributed by atoms with E-state index in [4.69, 9.17) is 32.7 Å². The minimum absolute atomic E-state index is 0.0250. The normalized spacial score (nSPS) is 13.2. The molecule has 1 aromatic carbocycles. The van der Waals surface area contributed by atoms with Crippen molar-refractivity contribution in [3.8, 4) is 11.5 Å². The molecule has 0 atom stereocenters. The highest BCUT2D eigenvalue weighted by Crippen LogP contribution is 2.47. The van der Waals surface area contributed by atoms with Crippen LogP contribution in [0.25, 0.3) is 0 Å². The van der Waals surface area contributed by atoms with E-state index in [1.54, 1.807) is 11.1 Å². The molecule has 0 saturated heterocycles. The molecule has 1 aromatic heterocycles. The molecule has 150 valence electrons. The molecular formula is C20H21Cl2FN2O3. The molecule has 3 rings (SSSR count). The fourth-order valence-electron chi connectivity index (χ4n) is 3.45. The summed E-state index contributed by atoms with van der Waals surface area (Å²) in [5.74, 6) is 0.446. The van der Waals surface area contributed by atoms with E-state index in [1.165, 1.54) is 20.3 Å². The molecule has 1 aliphatic heterocycles. The Labute approximate surface area is 173 Å². The van der Waals surface area contributed by atoms with Crippen molar-refractivity contribution in [1.82, 2.24) is 9.88 Å². The first-order valence-corrected chi connectivity index (χ1v) is 9.69. The Balaban J connectivity index is 1.69. The number of halogens is 3. The first kappa shape index (κ1) is 20.7. The van der Waals surface area contributed by atoms with Gasteiger partial charge < -0.3 is 14.4 Å². The third-order valence-electron chi connectivity index (χ3n) is 4.86. The summed E-state index contributed by atoms with van der Waals surface area (Å²) >= 11 is 13.0. The van der Waals surface area contributed by atoms with Crippen LogP contribution in [0.1, 0.15) is 29.5 Å². The van der Waals surface area contributed by atoms with Crippen molar-refractivity contribution in [2.24, 2.45) is 0 Å². The Morgan fingerprint density at radius 3 is 2.50 bits per heavy atom. The molecule has 0 N–H and O–H groups in total. The van der Waals surface area contributed by atoms with Crippen molar-refractivity contribution < 1.29 is 18.7 Å². The summed E-state index contributed by atoms with van der Waals surface area (Å²) in [7, 11) is 3.01. The molecule has 1 amide bonds. The van der Waals surface area contributed by atoms with Crippen LogP contribution < -0.4 is 9.47 Å². The molecule has 0 spiro atoms. The molecule has 5 nitrogen and oxygen atoms in total. The molecule has 0 radical (unpaired) electrons. The number of benzene rings is 1. The van der Waals surface area contributed by atoms with Crippen molar-refractivity contribution in [3.05, 3.63) is 51.0 Å². The summed E-state index contributed by atoms with van der Waals surface area (Å²) in [6.07, 6.45) is 4.95. The molecule has 0 fully saturated rings. The van der Waals surface area contributed by atoms with Gasteiger partial charge in [0.2, 0.25) is 5.91 Å².